The van der Waals surface area contributed by atoms with Gasteiger partial charge < -0.3 is 19.5 Å². The summed E-state index contributed by atoms with van der Waals surface area (Å²) in [6.45, 7) is 3.75. The zero-order valence-electron chi connectivity index (χ0n) is 16.9. The van der Waals surface area contributed by atoms with E-state index in [2.05, 4.69) is 0 Å². The van der Waals surface area contributed by atoms with Gasteiger partial charge in [-0.2, -0.15) is 0 Å². The molecule has 154 valence electrons. The van der Waals surface area contributed by atoms with Gasteiger partial charge in [0.15, 0.2) is 11.5 Å². The van der Waals surface area contributed by atoms with E-state index in [9.17, 15) is 14.7 Å². The Morgan fingerprint density at radius 3 is 2.48 bits per heavy atom. The molecule has 29 heavy (non-hydrogen) atoms. The molecule has 6 heteroatoms. The summed E-state index contributed by atoms with van der Waals surface area (Å²) in [5.41, 5.74) is 1.81. The largest absolute Gasteiger partial charge is 0.493 e. The quantitative estimate of drug-likeness (QED) is 0.767. The van der Waals surface area contributed by atoms with E-state index in [-0.39, 0.29) is 5.91 Å². The first kappa shape index (κ1) is 20.7. The highest BCUT2D eigenvalue weighted by Crippen LogP contribution is 2.30. The van der Waals surface area contributed by atoms with Crippen molar-refractivity contribution < 1.29 is 24.2 Å². The van der Waals surface area contributed by atoms with Crippen molar-refractivity contribution in [3.8, 4) is 11.5 Å². The monoisotopic (exact) mass is 397 g/mol. The van der Waals surface area contributed by atoms with Gasteiger partial charge in [0, 0.05) is 18.7 Å². The van der Waals surface area contributed by atoms with Crippen LogP contribution in [0.25, 0.3) is 0 Å². The van der Waals surface area contributed by atoms with E-state index in [1.165, 1.54) is 0 Å². The molecule has 2 aromatic carbocycles. The van der Waals surface area contributed by atoms with E-state index < -0.39 is 5.97 Å². The Morgan fingerprint density at radius 2 is 1.83 bits per heavy atom. The predicted molar refractivity (Wildman–Crippen MR) is 110 cm³/mol. The van der Waals surface area contributed by atoms with Gasteiger partial charge in [-0.05, 0) is 61.9 Å². The summed E-state index contributed by atoms with van der Waals surface area (Å²) in [6, 6.07) is 12.4. The minimum absolute atomic E-state index is 0.0178. The predicted octanol–water partition coefficient (Wildman–Crippen LogP) is 3.89. The number of ether oxygens (including phenoxy) is 2. The Balaban J connectivity index is 1.62. The highest BCUT2D eigenvalue weighted by molar-refractivity contribution is 5.95. The van der Waals surface area contributed by atoms with Crippen molar-refractivity contribution in [2.45, 2.75) is 26.2 Å². The van der Waals surface area contributed by atoms with Crippen molar-refractivity contribution in [1.82, 2.24) is 4.90 Å². The molecule has 0 bridgehead atoms. The summed E-state index contributed by atoms with van der Waals surface area (Å²) in [4.78, 5) is 26.2. The number of hydrogen-bond donors (Lipinski definition) is 1. The summed E-state index contributed by atoms with van der Waals surface area (Å²) in [6.07, 6.45) is 2.43. The second kappa shape index (κ2) is 9.45. The van der Waals surface area contributed by atoms with Crippen LogP contribution in [0, 0.1) is 5.92 Å². The molecule has 1 aliphatic heterocycles. The number of benzene rings is 2. The van der Waals surface area contributed by atoms with E-state index in [0.717, 1.165) is 24.8 Å². The molecule has 1 saturated heterocycles. The van der Waals surface area contributed by atoms with Gasteiger partial charge in [-0.25, -0.2) is 4.79 Å². The van der Waals surface area contributed by atoms with Gasteiger partial charge in [0.1, 0.15) is 0 Å². The number of hydrogen-bond acceptors (Lipinski definition) is 4. The Morgan fingerprint density at radius 1 is 1.10 bits per heavy atom. The molecule has 0 atom stereocenters. The number of carboxylic acid groups (broad SMARTS) is 1. The summed E-state index contributed by atoms with van der Waals surface area (Å²) < 4.78 is 10.9. The average molecular weight is 397 g/mol. The molecule has 3 rings (SSSR count). The summed E-state index contributed by atoms with van der Waals surface area (Å²) in [5.74, 6) is 0.642. The molecule has 0 unspecified atom stereocenters. The summed E-state index contributed by atoms with van der Waals surface area (Å²) >= 11 is 0. The molecule has 1 fully saturated rings. The fraction of sp³-hybridized carbons (Fsp3) is 0.391. The third-order valence-electron chi connectivity index (χ3n) is 5.37. The molecular weight excluding hydrogens is 370 g/mol. The Kier molecular flexibility index (Phi) is 6.75. The van der Waals surface area contributed by atoms with Crippen LogP contribution in [0.1, 0.15) is 46.0 Å². The van der Waals surface area contributed by atoms with Gasteiger partial charge in [-0.15, -0.1) is 0 Å². The molecule has 1 amide bonds. The van der Waals surface area contributed by atoms with Crippen LogP contribution in [0.15, 0.2) is 42.5 Å². The van der Waals surface area contributed by atoms with Crippen molar-refractivity contribution in [3.63, 3.8) is 0 Å². The number of piperidine rings is 1. The maximum Gasteiger partial charge on any atom is 0.335 e. The van der Waals surface area contributed by atoms with E-state index in [4.69, 9.17) is 9.47 Å². The molecule has 1 N–H and O–H groups in total. The van der Waals surface area contributed by atoms with Crippen LogP contribution in [0.2, 0.25) is 0 Å². The third-order valence-corrected chi connectivity index (χ3v) is 5.37. The normalized spacial score (nSPS) is 14.5. The van der Waals surface area contributed by atoms with Gasteiger partial charge in [0.25, 0.3) is 5.91 Å². The van der Waals surface area contributed by atoms with Gasteiger partial charge in [-0.1, -0.05) is 18.2 Å². The highest BCUT2D eigenvalue weighted by Gasteiger charge is 2.25. The molecule has 0 saturated carbocycles. The van der Waals surface area contributed by atoms with Crippen molar-refractivity contribution >= 4 is 11.9 Å². The van der Waals surface area contributed by atoms with Gasteiger partial charge in [0.05, 0.1) is 19.3 Å². The van der Waals surface area contributed by atoms with Crippen LogP contribution in [0.3, 0.4) is 0 Å². The standard InChI is InChI=1S/C23H27NO5/c1-3-29-20-9-8-18(15-21(20)28-2)22(25)24-12-10-16(11-13-24)14-17-6-4-5-7-19(17)23(26)27/h4-9,15-16H,3,10-14H2,1-2H3,(H,26,27). The fourth-order valence-electron chi connectivity index (χ4n) is 3.82. The van der Waals surface area contributed by atoms with Crippen LogP contribution in [-0.2, 0) is 6.42 Å². The first-order chi connectivity index (χ1) is 14.0. The molecule has 0 aromatic heterocycles. The lowest BCUT2D eigenvalue weighted by molar-refractivity contribution is 0.0690. The van der Waals surface area contributed by atoms with Gasteiger partial charge in [0.2, 0.25) is 0 Å². The van der Waals surface area contributed by atoms with Crippen LogP contribution in [0.5, 0.6) is 11.5 Å². The van der Waals surface area contributed by atoms with E-state index in [0.29, 0.717) is 48.2 Å². The molecule has 0 radical (unpaired) electrons. The van der Waals surface area contributed by atoms with Crippen LogP contribution in [-0.4, -0.2) is 48.7 Å². The number of aromatic carboxylic acids is 1. The maximum absolute atomic E-state index is 12.9. The zero-order valence-corrected chi connectivity index (χ0v) is 16.9. The maximum atomic E-state index is 12.9. The lowest BCUT2D eigenvalue weighted by Crippen LogP contribution is -2.39. The Labute approximate surface area is 171 Å². The van der Waals surface area contributed by atoms with Crippen LogP contribution < -0.4 is 9.47 Å². The topological polar surface area (TPSA) is 76.1 Å². The first-order valence-corrected chi connectivity index (χ1v) is 9.94. The lowest BCUT2D eigenvalue weighted by atomic mass is 9.88. The minimum atomic E-state index is -0.891. The second-order valence-corrected chi connectivity index (χ2v) is 7.20. The minimum Gasteiger partial charge on any atom is -0.493 e. The van der Waals surface area contributed by atoms with Crippen molar-refractivity contribution in [1.29, 1.82) is 0 Å². The Bertz CT molecular complexity index is 871. The Hall–Kier alpha value is -3.02. The van der Waals surface area contributed by atoms with Crippen molar-refractivity contribution in [2.75, 3.05) is 26.8 Å². The number of carboxylic acids is 1. The SMILES string of the molecule is CCOc1ccc(C(=O)N2CCC(Cc3ccccc3C(=O)O)CC2)cc1OC. The molecule has 1 heterocycles. The second-order valence-electron chi connectivity index (χ2n) is 7.20. The third kappa shape index (κ3) is 4.88. The zero-order chi connectivity index (χ0) is 20.8. The molecule has 0 spiro atoms. The average Bonchev–Trinajstić information content (AvgIpc) is 2.74. The number of carbonyl (C=O) groups is 2. The first-order valence-electron chi connectivity index (χ1n) is 9.94. The summed E-state index contributed by atoms with van der Waals surface area (Å²) in [5, 5.41) is 9.36. The smallest absolute Gasteiger partial charge is 0.335 e. The van der Waals surface area contributed by atoms with Gasteiger partial charge in [-0.3, -0.25) is 4.79 Å². The number of likely N-dealkylation sites (tertiary alicyclic amines) is 1. The highest BCUT2D eigenvalue weighted by atomic mass is 16.5. The van der Waals surface area contributed by atoms with Crippen LogP contribution >= 0.6 is 0 Å². The molecule has 0 aliphatic carbocycles. The van der Waals surface area contributed by atoms with E-state index in [1.807, 2.05) is 24.0 Å². The number of carbonyl (C=O) groups excluding carboxylic acids is 1. The lowest BCUT2D eigenvalue weighted by Gasteiger charge is -2.32. The number of rotatable bonds is 7. The van der Waals surface area contributed by atoms with E-state index in [1.54, 1.807) is 37.4 Å². The molecule has 1 aliphatic rings. The van der Waals surface area contributed by atoms with Crippen LogP contribution in [0.4, 0.5) is 0 Å². The van der Waals surface area contributed by atoms with Gasteiger partial charge >= 0.3 is 5.97 Å². The number of nitrogens with zero attached hydrogens (tertiary/aromatic N) is 1. The summed E-state index contributed by atoms with van der Waals surface area (Å²) in [7, 11) is 1.56. The molecule has 2 aromatic rings. The van der Waals surface area contributed by atoms with Crippen molar-refractivity contribution in [3.05, 3.63) is 59.2 Å². The fourth-order valence-corrected chi connectivity index (χ4v) is 3.82. The molecular formula is C23H27NO5. The van der Waals surface area contributed by atoms with E-state index >= 15 is 0 Å². The van der Waals surface area contributed by atoms with Crippen molar-refractivity contribution in [2.24, 2.45) is 5.92 Å². The number of methoxy groups -OCH3 is 1. The number of amides is 1. The molecule has 6 nitrogen and oxygen atoms in total.